The molecule has 5 aliphatic rings. The third-order valence-corrected chi connectivity index (χ3v) is 16.1. The second-order valence-corrected chi connectivity index (χ2v) is 19.6. The molecule has 4 saturated carbocycles. The van der Waals surface area contributed by atoms with E-state index in [1.807, 2.05) is 13.8 Å². The maximum atomic E-state index is 12.0. The van der Waals surface area contributed by atoms with Crippen LogP contribution in [0.2, 0.25) is 18.1 Å². The van der Waals surface area contributed by atoms with Crippen LogP contribution in [0, 0.1) is 39.4 Å². The molecule has 0 aromatic heterocycles. The van der Waals surface area contributed by atoms with Crippen LogP contribution in [0.5, 0.6) is 0 Å². The van der Waals surface area contributed by atoms with Crippen LogP contribution in [0.15, 0.2) is 5.18 Å². The molecule has 1 heterocycles. The van der Waals surface area contributed by atoms with Gasteiger partial charge in [-0.3, -0.25) is 0 Å². The Bertz CT molecular complexity index is 842. The fourth-order valence-corrected chi connectivity index (χ4v) is 10.6. The minimum Gasteiger partial charge on any atom is -0.413 e. The third-order valence-electron chi connectivity index (χ3n) is 11.6. The molecule has 5 rings (SSSR count). The van der Waals surface area contributed by atoms with Gasteiger partial charge in [0.25, 0.3) is 0 Å². The molecule has 200 valence electrons. The van der Waals surface area contributed by atoms with E-state index >= 15 is 0 Å². The first-order valence-electron chi connectivity index (χ1n) is 14.2. The number of ether oxygens (including phenoxy) is 2. The summed E-state index contributed by atoms with van der Waals surface area (Å²) >= 11 is 0. The first-order valence-corrected chi connectivity index (χ1v) is 17.1. The standard InChI is InChI=1S/C28H49NO5Si/c1-25(2,3)35(7,8)34-20-13-12-17-21-22(19(30)15-28(17,20)16-29-31)27(6)14-10-9-11-18(27)23-24(21)33-26(4,5)32-23/h17-24,30H,9-16H2,1-8H3/t17?,18?,19-,20-,21?,22?,23+,24+,27-,28+/m0/s1. The first kappa shape index (κ1) is 26.3. The molecule has 0 aromatic carbocycles. The number of fused-ring (bicyclic) bond motifs is 8. The zero-order valence-corrected chi connectivity index (χ0v) is 24.3. The lowest BCUT2D eigenvalue weighted by atomic mass is 9.43. The quantitative estimate of drug-likeness (QED) is 0.359. The molecule has 7 heteroatoms. The van der Waals surface area contributed by atoms with Crippen LogP contribution in [0.4, 0.5) is 0 Å². The highest BCUT2D eigenvalue weighted by Crippen LogP contribution is 2.69. The van der Waals surface area contributed by atoms with E-state index in [2.05, 4.69) is 46.0 Å². The number of hydrogen-bond acceptors (Lipinski definition) is 6. The van der Waals surface area contributed by atoms with Gasteiger partial charge in [-0.2, -0.15) is 4.91 Å². The number of aliphatic hydroxyl groups excluding tert-OH is 1. The van der Waals surface area contributed by atoms with Crippen molar-refractivity contribution in [1.82, 2.24) is 0 Å². The second kappa shape index (κ2) is 8.33. The molecule has 0 bridgehead atoms. The Morgan fingerprint density at radius 1 is 1.03 bits per heavy atom. The van der Waals surface area contributed by atoms with Gasteiger partial charge in [0.05, 0.1) is 31.0 Å². The van der Waals surface area contributed by atoms with Crippen molar-refractivity contribution in [3.8, 4) is 0 Å². The van der Waals surface area contributed by atoms with Gasteiger partial charge in [-0.25, -0.2) is 0 Å². The minimum absolute atomic E-state index is 0.0341. The van der Waals surface area contributed by atoms with E-state index in [9.17, 15) is 10.0 Å². The maximum absolute atomic E-state index is 12.0. The lowest BCUT2D eigenvalue weighted by Crippen LogP contribution is -2.67. The minimum atomic E-state index is -2.06. The highest BCUT2D eigenvalue weighted by Gasteiger charge is 2.71. The Morgan fingerprint density at radius 3 is 2.37 bits per heavy atom. The van der Waals surface area contributed by atoms with Gasteiger partial charge < -0.3 is 19.0 Å². The molecule has 0 spiro atoms. The molecular weight excluding hydrogens is 458 g/mol. The van der Waals surface area contributed by atoms with Crippen molar-refractivity contribution < 1.29 is 19.0 Å². The van der Waals surface area contributed by atoms with Crippen molar-refractivity contribution in [3.05, 3.63) is 4.91 Å². The van der Waals surface area contributed by atoms with Crippen LogP contribution in [0.1, 0.15) is 86.5 Å². The summed E-state index contributed by atoms with van der Waals surface area (Å²) in [5.41, 5.74) is -0.386. The van der Waals surface area contributed by atoms with Gasteiger partial charge in [0.15, 0.2) is 14.1 Å². The van der Waals surface area contributed by atoms with Crippen LogP contribution in [-0.4, -0.2) is 50.2 Å². The van der Waals surface area contributed by atoms with Gasteiger partial charge >= 0.3 is 0 Å². The van der Waals surface area contributed by atoms with Gasteiger partial charge in [0, 0.05) is 5.41 Å². The second-order valence-electron chi connectivity index (χ2n) is 14.9. The summed E-state index contributed by atoms with van der Waals surface area (Å²) in [5.74, 6) is 0.388. The Kier molecular flexibility index (Phi) is 6.25. The Morgan fingerprint density at radius 2 is 1.71 bits per heavy atom. The zero-order chi connectivity index (χ0) is 25.6. The summed E-state index contributed by atoms with van der Waals surface area (Å²) in [4.78, 5) is 12.0. The van der Waals surface area contributed by atoms with Crippen molar-refractivity contribution in [2.45, 2.75) is 135 Å². The number of aliphatic hydroxyl groups is 1. The van der Waals surface area contributed by atoms with Crippen molar-refractivity contribution in [2.75, 3.05) is 6.54 Å². The van der Waals surface area contributed by atoms with E-state index in [1.165, 1.54) is 12.8 Å². The maximum Gasteiger partial charge on any atom is 0.192 e. The highest BCUT2D eigenvalue weighted by atomic mass is 28.4. The molecule has 1 N–H and O–H groups in total. The first-order chi connectivity index (χ1) is 16.2. The molecule has 4 aliphatic carbocycles. The molecule has 0 aromatic rings. The third kappa shape index (κ3) is 3.85. The average Bonchev–Trinajstić information content (AvgIpc) is 3.23. The molecule has 0 radical (unpaired) electrons. The van der Waals surface area contributed by atoms with Crippen molar-refractivity contribution in [3.63, 3.8) is 0 Å². The largest absolute Gasteiger partial charge is 0.413 e. The van der Waals surface area contributed by atoms with Crippen LogP contribution < -0.4 is 0 Å². The molecule has 5 fully saturated rings. The number of rotatable bonds is 4. The van der Waals surface area contributed by atoms with E-state index in [0.717, 1.165) is 25.7 Å². The summed E-state index contributed by atoms with van der Waals surface area (Å²) in [6.07, 6.45) is 6.81. The Labute approximate surface area is 213 Å². The van der Waals surface area contributed by atoms with E-state index in [-0.39, 0.29) is 53.1 Å². The predicted molar refractivity (Wildman–Crippen MR) is 139 cm³/mol. The van der Waals surface area contributed by atoms with Crippen molar-refractivity contribution >= 4 is 8.32 Å². The molecule has 6 nitrogen and oxygen atoms in total. The van der Waals surface area contributed by atoms with Crippen molar-refractivity contribution in [2.24, 2.45) is 39.7 Å². The van der Waals surface area contributed by atoms with Crippen LogP contribution >= 0.6 is 0 Å². The SMILES string of the molecule is CC1(C)O[C@@H]2C3C([C@@H](O)C[C@@]4(CN=O)C3CC[C@@H]4O[Si](C)(C)C(C)(C)C)[C@@]3(C)CCCCC3[C@H]2O1. The van der Waals surface area contributed by atoms with Gasteiger partial charge in [0.1, 0.15) is 0 Å². The molecule has 4 unspecified atom stereocenters. The van der Waals surface area contributed by atoms with Gasteiger partial charge in [-0.05, 0) is 93.2 Å². The summed E-state index contributed by atoms with van der Waals surface area (Å²) in [7, 11) is -2.06. The summed E-state index contributed by atoms with van der Waals surface area (Å²) in [5, 5.41) is 15.6. The summed E-state index contributed by atoms with van der Waals surface area (Å²) < 4.78 is 20.4. The molecule has 10 atom stereocenters. The van der Waals surface area contributed by atoms with Crippen LogP contribution in [0.25, 0.3) is 0 Å². The normalized spacial score (nSPS) is 49.1. The smallest absolute Gasteiger partial charge is 0.192 e. The van der Waals surface area contributed by atoms with E-state index in [1.54, 1.807) is 0 Å². The molecular formula is C28H49NO5Si. The fraction of sp³-hybridized carbons (Fsp3) is 1.00. The molecule has 0 amide bonds. The lowest BCUT2D eigenvalue weighted by molar-refractivity contribution is -0.221. The zero-order valence-electron chi connectivity index (χ0n) is 23.3. The molecule has 35 heavy (non-hydrogen) atoms. The molecule has 1 aliphatic heterocycles. The number of nitrogens with zero attached hydrogens (tertiary/aromatic N) is 1. The predicted octanol–water partition coefficient (Wildman–Crippen LogP) is 6.27. The molecule has 1 saturated heterocycles. The van der Waals surface area contributed by atoms with E-state index in [4.69, 9.17) is 13.9 Å². The lowest BCUT2D eigenvalue weighted by Gasteiger charge is -2.64. The fourth-order valence-electron chi connectivity index (χ4n) is 9.22. The topological polar surface area (TPSA) is 77.4 Å². The Hall–Kier alpha value is -0.343. The van der Waals surface area contributed by atoms with E-state index in [0.29, 0.717) is 12.3 Å². The van der Waals surface area contributed by atoms with Gasteiger partial charge in [-0.15, -0.1) is 0 Å². The Balaban J connectivity index is 1.57. The average molecular weight is 508 g/mol. The summed E-state index contributed by atoms with van der Waals surface area (Å²) in [6.45, 7) is 18.1. The highest BCUT2D eigenvalue weighted by molar-refractivity contribution is 6.74. The van der Waals surface area contributed by atoms with Crippen LogP contribution in [-0.2, 0) is 13.9 Å². The van der Waals surface area contributed by atoms with Gasteiger partial charge in [0.2, 0.25) is 0 Å². The van der Waals surface area contributed by atoms with Gasteiger partial charge in [-0.1, -0.05) is 45.7 Å². The van der Waals surface area contributed by atoms with Crippen LogP contribution in [0.3, 0.4) is 0 Å². The number of hydrogen-bond donors (Lipinski definition) is 1. The monoisotopic (exact) mass is 507 g/mol. The summed E-state index contributed by atoms with van der Waals surface area (Å²) in [6, 6.07) is 0. The van der Waals surface area contributed by atoms with Crippen molar-refractivity contribution in [1.29, 1.82) is 0 Å². The number of nitroso groups, excluding NO2 is 1. The van der Waals surface area contributed by atoms with E-state index < -0.39 is 25.6 Å².